The normalized spacial score (nSPS) is 22.3. The van der Waals surface area contributed by atoms with Crippen LogP contribution in [0.2, 0.25) is 5.02 Å². The molecule has 3 aromatic carbocycles. The number of carbonyl (C=O) groups is 2. The summed E-state index contributed by atoms with van der Waals surface area (Å²) in [5, 5.41) is 19.6. The molecule has 3 unspecified atom stereocenters. The van der Waals surface area contributed by atoms with E-state index < -0.39 is 24.5 Å². The summed E-state index contributed by atoms with van der Waals surface area (Å²) in [5.74, 6) is 0.175. The van der Waals surface area contributed by atoms with Gasteiger partial charge < -0.3 is 29.3 Å². The van der Waals surface area contributed by atoms with Crippen molar-refractivity contribution >= 4 is 23.5 Å². The van der Waals surface area contributed by atoms with Gasteiger partial charge in [-0.25, -0.2) is 4.79 Å². The number of benzene rings is 3. The van der Waals surface area contributed by atoms with Crippen LogP contribution in [0.1, 0.15) is 70.4 Å². The minimum Gasteiger partial charge on any atom is -0.489 e. The molecule has 2 aliphatic heterocycles. The highest BCUT2D eigenvalue weighted by atomic mass is 35.5. The topological polar surface area (TPSA) is 106 Å². The Kier molecular flexibility index (Phi) is 8.49. The average molecular weight is 592 g/mol. The number of aliphatic hydroxyl groups is 2. The Morgan fingerprint density at radius 3 is 2.64 bits per heavy atom. The van der Waals surface area contributed by atoms with E-state index in [0.717, 1.165) is 46.4 Å². The Hall–Kier alpha value is -3.43. The van der Waals surface area contributed by atoms with E-state index in [1.807, 2.05) is 53.4 Å². The SMILES string of the molecule is O=C(OC1CC(O)CC(CO)O1)c1cc(-c2cccc(COc3ccc4c(c3)CN(C3CCCC3)C4=O)c2)ccc1Cl. The first-order valence-electron chi connectivity index (χ1n) is 14.5. The molecule has 1 aliphatic carbocycles. The van der Waals surface area contributed by atoms with Crippen molar-refractivity contribution in [3.8, 4) is 16.9 Å². The molecule has 6 rings (SSSR count). The van der Waals surface area contributed by atoms with Gasteiger partial charge in [-0.1, -0.05) is 48.7 Å². The molecule has 2 N–H and O–H groups in total. The van der Waals surface area contributed by atoms with E-state index in [1.54, 1.807) is 12.1 Å². The van der Waals surface area contributed by atoms with Gasteiger partial charge in [-0.3, -0.25) is 4.79 Å². The fraction of sp³-hybridized carbons (Fsp3) is 0.394. The van der Waals surface area contributed by atoms with Crippen LogP contribution in [-0.2, 0) is 22.6 Å². The van der Waals surface area contributed by atoms with E-state index in [-0.39, 0.29) is 35.9 Å². The number of hydrogen-bond acceptors (Lipinski definition) is 7. The standard InChI is InChI=1S/C33H34ClNO7/c34-30-11-8-22(14-29(30)33(39)42-31-16-25(37)15-27(18-36)41-31)21-5-3-4-20(12-21)19-40-26-9-10-28-23(13-26)17-35(32(28)38)24-6-1-2-7-24/h3-5,8-14,24-25,27,31,36-37H,1-2,6-7,15-19H2. The van der Waals surface area contributed by atoms with Crippen molar-refractivity contribution < 1.29 is 34.0 Å². The summed E-state index contributed by atoms with van der Waals surface area (Å²) in [6.45, 7) is 0.706. The lowest BCUT2D eigenvalue weighted by Gasteiger charge is -2.31. The molecule has 1 saturated heterocycles. The Morgan fingerprint density at radius 1 is 1.02 bits per heavy atom. The number of amides is 1. The first-order valence-corrected chi connectivity index (χ1v) is 14.9. The van der Waals surface area contributed by atoms with Crippen molar-refractivity contribution in [3.05, 3.63) is 87.9 Å². The van der Waals surface area contributed by atoms with Crippen molar-refractivity contribution in [2.75, 3.05) is 6.61 Å². The molecule has 8 nitrogen and oxygen atoms in total. The smallest absolute Gasteiger partial charge is 0.341 e. The van der Waals surface area contributed by atoms with E-state index >= 15 is 0 Å². The number of esters is 1. The van der Waals surface area contributed by atoms with Gasteiger partial charge in [0.25, 0.3) is 5.91 Å². The Bertz CT molecular complexity index is 1470. The van der Waals surface area contributed by atoms with Gasteiger partial charge in [-0.2, -0.15) is 0 Å². The number of carbonyl (C=O) groups excluding carboxylic acids is 2. The molecule has 220 valence electrons. The van der Waals surface area contributed by atoms with Crippen molar-refractivity contribution in [1.29, 1.82) is 0 Å². The summed E-state index contributed by atoms with van der Waals surface area (Å²) in [5.41, 5.74) is 4.55. The summed E-state index contributed by atoms with van der Waals surface area (Å²) in [7, 11) is 0. The van der Waals surface area contributed by atoms with Gasteiger partial charge in [-0.05, 0) is 71.5 Å². The van der Waals surface area contributed by atoms with E-state index in [2.05, 4.69) is 0 Å². The largest absolute Gasteiger partial charge is 0.489 e. The highest BCUT2D eigenvalue weighted by molar-refractivity contribution is 6.33. The Morgan fingerprint density at radius 2 is 1.83 bits per heavy atom. The van der Waals surface area contributed by atoms with E-state index in [9.17, 15) is 19.8 Å². The Labute approximate surface area is 249 Å². The molecule has 1 saturated carbocycles. The summed E-state index contributed by atoms with van der Waals surface area (Å²) in [6, 6.07) is 19.0. The molecule has 9 heteroatoms. The number of halogens is 1. The lowest BCUT2D eigenvalue weighted by molar-refractivity contribution is -0.198. The third kappa shape index (κ3) is 6.17. The maximum atomic E-state index is 13.0. The molecule has 0 radical (unpaired) electrons. The van der Waals surface area contributed by atoms with Crippen LogP contribution in [0.5, 0.6) is 5.75 Å². The quantitative estimate of drug-likeness (QED) is 0.333. The molecule has 0 aromatic heterocycles. The van der Waals surface area contributed by atoms with Gasteiger partial charge >= 0.3 is 5.97 Å². The van der Waals surface area contributed by atoms with Gasteiger partial charge in [0, 0.05) is 31.0 Å². The van der Waals surface area contributed by atoms with Crippen LogP contribution in [0.15, 0.2) is 60.7 Å². The lowest BCUT2D eigenvalue weighted by Crippen LogP contribution is -2.39. The second-order valence-electron chi connectivity index (χ2n) is 11.3. The fourth-order valence-corrected chi connectivity index (χ4v) is 6.31. The van der Waals surface area contributed by atoms with E-state index in [0.29, 0.717) is 19.2 Å². The molecule has 3 aromatic rings. The van der Waals surface area contributed by atoms with Crippen LogP contribution in [0.25, 0.3) is 11.1 Å². The number of ether oxygens (including phenoxy) is 3. The second kappa shape index (κ2) is 12.4. The zero-order chi connectivity index (χ0) is 29.2. The monoisotopic (exact) mass is 591 g/mol. The maximum absolute atomic E-state index is 13.0. The van der Waals surface area contributed by atoms with Gasteiger partial charge in [-0.15, -0.1) is 0 Å². The highest BCUT2D eigenvalue weighted by Gasteiger charge is 2.34. The molecule has 2 fully saturated rings. The van der Waals surface area contributed by atoms with Crippen molar-refractivity contribution in [2.45, 2.75) is 76.2 Å². The Balaban J connectivity index is 1.12. The van der Waals surface area contributed by atoms with Crippen LogP contribution in [-0.4, -0.2) is 58.1 Å². The van der Waals surface area contributed by atoms with Gasteiger partial charge in [0.2, 0.25) is 6.29 Å². The zero-order valence-corrected chi connectivity index (χ0v) is 24.0. The fourth-order valence-electron chi connectivity index (χ4n) is 6.11. The summed E-state index contributed by atoms with van der Waals surface area (Å²) in [4.78, 5) is 27.9. The predicted octanol–water partition coefficient (Wildman–Crippen LogP) is 5.50. The maximum Gasteiger partial charge on any atom is 0.341 e. The van der Waals surface area contributed by atoms with Gasteiger partial charge in [0.1, 0.15) is 12.4 Å². The zero-order valence-electron chi connectivity index (χ0n) is 23.2. The number of aliphatic hydroxyl groups excluding tert-OH is 2. The first-order chi connectivity index (χ1) is 20.4. The van der Waals surface area contributed by atoms with Crippen LogP contribution in [0.3, 0.4) is 0 Å². The molecule has 2 heterocycles. The average Bonchev–Trinajstić information content (AvgIpc) is 3.64. The molecule has 0 bridgehead atoms. The molecule has 0 spiro atoms. The van der Waals surface area contributed by atoms with Crippen LogP contribution in [0.4, 0.5) is 0 Å². The minimum absolute atomic E-state index is 0.126. The predicted molar refractivity (Wildman–Crippen MR) is 156 cm³/mol. The van der Waals surface area contributed by atoms with Crippen LogP contribution < -0.4 is 4.74 Å². The first kappa shape index (κ1) is 28.7. The molecular weight excluding hydrogens is 558 g/mol. The second-order valence-corrected chi connectivity index (χ2v) is 11.7. The summed E-state index contributed by atoms with van der Waals surface area (Å²) < 4.78 is 17.2. The van der Waals surface area contributed by atoms with Crippen LogP contribution >= 0.6 is 11.6 Å². The van der Waals surface area contributed by atoms with Crippen molar-refractivity contribution in [2.24, 2.45) is 0 Å². The highest BCUT2D eigenvalue weighted by Crippen LogP contribution is 2.34. The molecule has 42 heavy (non-hydrogen) atoms. The molecule has 3 atom stereocenters. The third-order valence-electron chi connectivity index (χ3n) is 8.31. The molecule has 3 aliphatic rings. The number of hydrogen-bond donors (Lipinski definition) is 2. The van der Waals surface area contributed by atoms with E-state index in [4.69, 9.17) is 25.8 Å². The van der Waals surface area contributed by atoms with Gasteiger partial charge in [0.05, 0.1) is 29.4 Å². The summed E-state index contributed by atoms with van der Waals surface area (Å²) >= 11 is 6.35. The van der Waals surface area contributed by atoms with E-state index in [1.165, 1.54) is 12.8 Å². The molecular formula is C33H34ClNO7. The van der Waals surface area contributed by atoms with Crippen molar-refractivity contribution in [3.63, 3.8) is 0 Å². The number of fused-ring (bicyclic) bond motifs is 1. The van der Waals surface area contributed by atoms with Crippen LogP contribution in [0, 0.1) is 0 Å². The number of nitrogens with zero attached hydrogens (tertiary/aromatic N) is 1. The van der Waals surface area contributed by atoms with Crippen molar-refractivity contribution in [1.82, 2.24) is 4.90 Å². The lowest BCUT2D eigenvalue weighted by atomic mass is 10.0. The number of rotatable bonds is 8. The molecule has 1 amide bonds. The minimum atomic E-state index is -0.971. The summed E-state index contributed by atoms with van der Waals surface area (Å²) in [6.07, 6.45) is 2.65. The van der Waals surface area contributed by atoms with Gasteiger partial charge in [0.15, 0.2) is 0 Å². The third-order valence-corrected chi connectivity index (χ3v) is 8.64.